The molecule has 0 aliphatic carbocycles. The zero-order valence-corrected chi connectivity index (χ0v) is 8.61. The predicted octanol–water partition coefficient (Wildman–Crippen LogP) is 2.61. The smallest absolute Gasteiger partial charge is 0.360 e. The normalized spacial score (nSPS) is 17.1. The Labute approximate surface area is 89.5 Å². The second-order valence-corrected chi connectivity index (χ2v) is 4.27. The number of rotatable bonds is 1. The van der Waals surface area contributed by atoms with Crippen LogP contribution in [0.2, 0.25) is 0 Å². The van der Waals surface area contributed by atoms with Gasteiger partial charge in [0.1, 0.15) is 0 Å². The maximum absolute atomic E-state index is 12.6. The summed E-state index contributed by atoms with van der Waals surface area (Å²) < 4.78 is 37.9. The van der Waals surface area contributed by atoms with E-state index in [2.05, 4.69) is 4.98 Å². The van der Waals surface area contributed by atoms with Gasteiger partial charge >= 0.3 is 6.18 Å². The van der Waals surface area contributed by atoms with Crippen molar-refractivity contribution < 1.29 is 13.2 Å². The lowest BCUT2D eigenvalue weighted by Gasteiger charge is -2.20. The Kier molecular flexibility index (Phi) is 2.77. The summed E-state index contributed by atoms with van der Waals surface area (Å²) in [5.41, 5.74) is -0.407. The minimum Gasteiger partial charge on any atom is -0.360 e. The number of aromatic nitrogens is 1. The second-order valence-electron chi connectivity index (χ2n) is 3.19. The Morgan fingerprint density at radius 3 is 2.80 bits per heavy atom. The zero-order chi connectivity index (χ0) is 10.9. The van der Waals surface area contributed by atoms with Crippen LogP contribution in [-0.4, -0.2) is 23.2 Å². The first kappa shape index (κ1) is 10.6. The van der Waals surface area contributed by atoms with Crippen LogP contribution in [0, 0.1) is 0 Å². The van der Waals surface area contributed by atoms with Gasteiger partial charge in [-0.1, -0.05) is 0 Å². The van der Waals surface area contributed by atoms with Crippen molar-refractivity contribution in [2.45, 2.75) is 6.18 Å². The van der Waals surface area contributed by atoms with Gasteiger partial charge in [-0.05, 0) is 6.07 Å². The largest absolute Gasteiger partial charge is 0.418 e. The lowest BCUT2D eigenvalue weighted by Crippen LogP contribution is -2.22. The summed E-state index contributed by atoms with van der Waals surface area (Å²) in [5, 5.41) is 0. The van der Waals surface area contributed by atoms with E-state index >= 15 is 0 Å². The second kappa shape index (κ2) is 3.92. The van der Waals surface area contributed by atoms with Gasteiger partial charge in [-0.2, -0.15) is 13.2 Å². The van der Waals surface area contributed by atoms with Crippen LogP contribution in [0.4, 0.5) is 18.9 Å². The van der Waals surface area contributed by atoms with Crippen molar-refractivity contribution >= 4 is 17.4 Å². The molecule has 0 radical (unpaired) electrons. The molecule has 0 N–H and O–H groups in total. The van der Waals surface area contributed by atoms with E-state index in [-0.39, 0.29) is 5.69 Å². The van der Waals surface area contributed by atoms with Crippen molar-refractivity contribution in [3.63, 3.8) is 0 Å². The maximum Gasteiger partial charge on any atom is 0.418 e. The molecule has 6 heteroatoms. The molecule has 1 saturated heterocycles. The van der Waals surface area contributed by atoms with Crippen LogP contribution in [0.1, 0.15) is 5.56 Å². The van der Waals surface area contributed by atoms with Crippen molar-refractivity contribution in [2.75, 3.05) is 23.1 Å². The van der Waals surface area contributed by atoms with Crippen LogP contribution in [0.15, 0.2) is 18.5 Å². The van der Waals surface area contributed by atoms with Gasteiger partial charge in [-0.3, -0.25) is 4.98 Å². The lowest BCUT2D eigenvalue weighted by molar-refractivity contribution is -0.137. The van der Waals surface area contributed by atoms with Crippen LogP contribution in [0.3, 0.4) is 0 Å². The number of hydrogen-bond acceptors (Lipinski definition) is 3. The van der Waals surface area contributed by atoms with Crippen molar-refractivity contribution in [2.24, 2.45) is 0 Å². The van der Waals surface area contributed by atoms with Gasteiger partial charge in [0.2, 0.25) is 0 Å². The summed E-state index contributed by atoms with van der Waals surface area (Å²) in [5.74, 6) is 1.47. The third-order valence-corrected chi connectivity index (χ3v) is 3.16. The molecule has 0 aromatic carbocycles. The summed E-state index contributed by atoms with van der Waals surface area (Å²) >= 11 is 1.63. The molecule has 0 unspecified atom stereocenters. The average molecular weight is 234 g/mol. The number of alkyl halides is 3. The molecule has 0 amide bonds. The fourth-order valence-corrected chi connectivity index (χ4v) is 2.45. The van der Waals surface area contributed by atoms with Crippen LogP contribution < -0.4 is 4.90 Å². The number of pyridine rings is 1. The highest BCUT2D eigenvalue weighted by Gasteiger charge is 2.35. The fraction of sp³-hybridized carbons (Fsp3) is 0.444. The molecule has 1 aromatic heterocycles. The summed E-state index contributed by atoms with van der Waals surface area (Å²) in [6, 6.07) is 1.03. The molecule has 0 bridgehead atoms. The van der Waals surface area contributed by atoms with Gasteiger partial charge in [0.25, 0.3) is 0 Å². The van der Waals surface area contributed by atoms with E-state index in [1.807, 2.05) is 0 Å². The number of halogens is 3. The molecular formula is C9H9F3N2S. The molecule has 1 fully saturated rings. The molecule has 0 saturated carbocycles. The SMILES string of the molecule is FC(F)(F)c1ccncc1N1CCSC1. The highest BCUT2D eigenvalue weighted by atomic mass is 32.2. The summed E-state index contributed by atoms with van der Waals surface area (Å²) in [4.78, 5) is 5.46. The molecule has 2 rings (SSSR count). The Hall–Kier alpha value is -0.910. The molecule has 1 aromatic rings. The van der Waals surface area contributed by atoms with Crippen molar-refractivity contribution in [1.29, 1.82) is 0 Å². The minimum absolute atomic E-state index is 0.190. The molecule has 1 aliphatic heterocycles. The molecule has 82 valence electrons. The third-order valence-electron chi connectivity index (χ3n) is 2.20. The van der Waals surface area contributed by atoms with Gasteiger partial charge < -0.3 is 4.90 Å². The topological polar surface area (TPSA) is 16.1 Å². The first-order chi connectivity index (χ1) is 7.09. The van der Waals surface area contributed by atoms with E-state index in [4.69, 9.17) is 0 Å². The molecule has 15 heavy (non-hydrogen) atoms. The zero-order valence-electron chi connectivity index (χ0n) is 7.79. The quantitative estimate of drug-likeness (QED) is 0.743. The molecule has 2 nitrogen and oxygen atoms in total. The minimum atomic E-state index is -4.30. The van der Waals surface area contributed by atoms with Gasteiger partial charge in [0, 0.05) is 18.5 Å². The molecule has 1 aliphatic rings. The van der Waals surface area contributed by atoms with Gasteiger partial charge in [0.15, 0.2) is 0 Å². The monoisotopic (exact) mass is 234 g/mol. The van der Waals surface area contributed by atoms with Gasteiger partial charge in [-0.15, -0.1) is 11.8 Å². The Balaban J connectivity index is 2.37. The first-order valence-corrected chi connectivity index (χ1v) is 5.58. The Bertz CT molecular complexity index is 347. The molecule has 0 atom stereocenters. The van der Waals surface area contributed by atoms with E-state index in [0.29, 0.717) is 12.4 Å². The summed E-state index contributed by atoms with van der Waals surface area (Å²) in [7, 11) is 0. The summed E-state index contributed by atoms with van der Waals surface area (Å²) in [6.07, 6.45) is -1.84. The highest BCUT2D eigenvalue weighted by Crippen LogP contribution is 2.37. The highest BCUT2D eigenvalue weighted by molar-refractivity contribution is 7.99. The number of hydrogen-bond donors (Lipinski definition) is 0. The van der Waals surface area contributed by atoms with Crippen LogP contribution in [0.5, 0.6) is 0 Å². The van der Waals surface area contributed by atoms with Crippen molar-refractivity contribution in [1.82, 2.24) is 4.98 Å². The van der Waals surface area contributed by atoms with E-state index < -0.39 is 11.7 Å². The standard InChI is InChI=1S/C9H9F3N2S/c10-9(11,12)7-1-2-13-5-8(7)14-3-4-15-6-14/h1-2,5H,3-4,6H2. The van der Waals surface area contributed by atoms with Gasteiger partial charge in [-0.25, -0.2) is 0 Å². The Morgan fingerprint density at radius 1 is 1.40 bits per heavy atom. The summed E-state index contributed by atoms with van der Waals surface area (Å²) in [6.45, 7) is 0.652. The van der Waals surface area contributed by atoms with E-state index in [9.17, 15) is 13.2 Å². The number of thioether (sulfide) groups is 1. The van der Waals surface area contributed by atoms with E-state index in [1.165, 1.54) is 12.4 Å². The Morgan fingerprint density at radius 2 is 2.20 bits per heavy atom. The molecular weight excluding hydrogens is 225 g/mol. The van der Waals surface area contributed by atoms with E-state index in [0.717, 1.165) is 11.8 Å². The van der Waals surface area contributed by atoms with E-state index in [1.54, 1.807) is 16.7 Å². The van der Waals surface area contributed by atoms with Crippen LogP contribution >= 0.6 is 11.8 Å². The maximum atomic E-state index is 12.6. The van der Waals surface area contributed by atoms with Crippen LogP contribution in [0.25, 0.3) is 0 Å². The first-order valence-electron chi connectivity index (χ1n) is 4.43. The molecule has 2 heterocycles. The van der Waals surface area contributed by atoms with Crippen molar-refractivity contribution in [3.05, 3.63) is 24.0 Å². The van der Waals surface area contributed by atoms with Crippen molar-refractivity contribution in [3.8, 4) is 0 Å². The lowest BCUT2D eigenvalue weighted by atomic mass is 10.2. The average Bonchev–Trinajstić information content (AvgIpc) is 2.69. The molecule has 0 spiro atoms. The number of nitrogens with zero attached hydrogens (tertiary/aromatic N) is 2. The third kappa shape index (κ3) is 2.19. The predicted molar refractivity (Wildman–Crippen MR) is 53.9 cm³/mol. The fourth-order valence-electron chi connectivity index (χ4n) is 1.48. The van der Waals surface area contributed by atoms with Gasteiger partial charge in [0.05, 0.1) is 23.3 Å². The number of anilines is 1. The van der Waals surface area contributed by atoms with Crippen LogP contribution in [-0.2, 0) is 6.18 Å².